The Bertz CT molecular complexity index is 762. The summed E-state index contributed by atoms with van der Waals surface area (Å²) in [5.74, 6) is 0.903. The maximum absolute atomic E-state index is 5.62. The second kappa shape index (κ2) is 5.38. The van der Waals surface area contributed by atoms with Gasteiger partial charge in [0.15, 0.2) is 0 Å². The molecule has 102 valence electrons. The third-order valence-electron chi connectivity index (χ3n) is 3.38. The van der Waals surface area contributed by atoms with Crippen LogP contribution in [0, 0.1) is 6.92 Å². The van der Waals surface area contributed by atoms with Gasteiger partial charge in [0.1, 0.15) is 5.82 Å². The first-order valence-corrected chi connectivity index (χ1v) is 7.42. The number of hydrogen-bond acceptors (Lipinski definition) is 2. The number of aromatic nitrogens is 2. The summed E-state index contributed by atoms with van der Waals surface area (Å²) in [4.78, 5) is 8.11. The van der Waals surface area contributed by atoms with Crippen molar-refractivity contribution in [3.05, 3.63) is 52.0 Å². The van der Waals surface area contributed by atoms with Crippen molar-refractivity contribution in [1.29, 1.82) is 0 Å². The zero-order valence-corrected chi connectivity index (χ0v) is 12.9. The predicted octanol–water partition coefficient (Wildman–Crippen LogP) is 3.80. The molecule has 1 aromatic heterocycles. The number of imidazole rings is 1. The zero-order valence-electron chi connectivity index (χ0n) is 11.3. The molecule has 0 unspecified atom stereocenters. The molecule has 0 saturated carbocycles. The van der Waals surface area contributed by atoms with Crippen molar-refractivity contribution in [2.24, 2.45) is 5.73 Å². The molecule has 0 atom stereocenters. The summed E-state index contributed by atoms with van der Waals surface area (Å²) in [6.45, 7) is 2.73. The fourth-order valence-corrected chi connectivity index (χ4v) is 3.00. The average molecular weight is 330 g/mol. The van der Waals surface area contributed by atoms with Crippen molar-refractivity contribution in [2.75, 3.05) is 6.54 Å². The number of rotatable bonds is 3. The molecular weight excluding hydrogens is 314 g/mol. The minimum atomic E-state index is 0.662. The lowest BCUT2D eigenvalue weighted by Crippen LogP contribution is -2.02. The normalized spacial score (nSPS) is 11.2. The van der Waals surface area contributed by atoms with Crippen LogP contribution in [0.2, 0.25) is 0 Å². The van der Waals surface area contributed by atoms with E-state index in [2.05, 4.69) is 64.2 Å². The van der Waals surface area contributed by atoms with E-state index in [-0.39, 0.29) is 0 Å². The SMILES string of the molecule is Cc1cc(Br)cc2[nH]c(-c3cccc(CCN)c3)nc12. The van der Waals surface area contributed by atoms with Crippen LogP contribution in [0.1, 0.15) is 11.1 Å². The Labute approximate surface area is 126 Å². The number of halogens is 1. The maximum atomic E-state index is 5.62. The smallest absolute Gasteiger partial charge is 0.138 e. The number of nitrogens with zero attached hydrogens (tertiary/aromatic N) is 1. The first-order valence-electron chi connectivity index (χ1n) is 6.62. The van der Waals surface area contributed by atoms with Gasteiger partial charge in [0.05, 0.1) is 11.0 Å². The summed E-state index contributed by atoms with van der Waals surface area (Å²) in [6, 6.07) is 12.5. The van der Waals surface area contributed by atoms with Crippen molar-refractivity contribution in [1.82, 2.24) is 9.97 Å². The van der Waals surface area contributed by atoms with E-state index in [1.165, 1.54) is 5.56 Å². The monoisotopic (exact) mass is 329 g/mol. The van der Waals surface area contributed by atoms with Gasteiger partial charge in [-0.3, -0.25) is 0 Å². The standard InChI is InChI=1S/C16H16BrN3/c1-10-7-13(17)9-14-15(10)20-16(19-14)12-4-2-3-11(8-12)5-6-18/h2-4,7-9H,5-6,18H2,1H3,(H,19,20). The molecule has 0 aliphatic heterocycles. The summed E-state index contributed by atoms with van der Waals surface area (Å²) in [5.41, 5.74) is 11.2. The first-order chi connectivity index (χ1) is 9.67. The molecule has 1 heterocycles. The Morgan fingerprint density at radius 2 is 2.10 bits per heavy atom. The second-order valence-electron chi connectivity index (χ2n) is 4.94. The van der Waals surface area contributed by atoms with Crippen LogP contribution < -0.4 is 5.73 Å². The third kappa shape index (κ3) is 2.49. The Balaban J connectivity index is 2.10. The maximum Gasteiger partial charge on any atom is 0.138 e. The number of nitrogens with one attached hydrogen (secondary N) is 1. The largest absolute Gasteiger partial charge is 0.338 e. The van der Waals surface area contributed by atoms with Crippen molar-refractivity contribution in [2.45, 2.75) is 13.3 Å². The summed E-state index contributed by atoms with van der Waals surface area (Å²) >= 11 is 3.52. The topological polar surface area (TPSA) is 54.7 Å². The zero-order chi connectivity index (χ0) is 14.1. The van der Waals surface area contributed by atoms with E-state index in [0.717, 1.165) is 38.9 Å². The molecule has 3 nitrogen and oxygen atoms in total. The molecule has 0 fully saturated rings. The van der Waals surface area contributed by atoms with Crippen molar-refractivity contribution < 1.29 is 0 Å². The van der Waals surface area contributed by atoms with Gasteiger partial charge in [-0.2, -0.15) is 0 Å². The molecule has 0 aliphatic rings. The van der Waals surface area contributed by atoms with Crippen molar-refractivity contribution in [3.8, 4) is 11.4 Å². The lowest BCUT2D eigenvalue weighted by Gasteiger charge is -2.01. The van der Waals surface area contributed by atoms with Gasteiger partial charge in [-0.05, 0) is 49.2 Å². The Morgan fingerprint density at radius 3 is 2.90 bits per heavy atom. The molecule has 0 radical (unpaired) electrons. The van der Waals surface area contributed by atoms with Crippen molar-refractivity contribution in [3.63, 3.8) is 0 Å². The Hall–Kier alpha value is -1.65. The highest BCUT2D eigenvalue weighted by molar-refractivity contribution is 9.10. The van der Waals surface area contributed by atoms with Crippen LogP contribution in [-0.2, 0) is 6.42 Å². The van der Waals surface area contributed by atoms with Crippen LogP contribution in [0.15, 0.2) is 40.9 Å². The molecule has 0 bridgehead atoms. The number of nitrogens with two attached hydrogens (primary N) is 1. The number of benzene rings is 2. The van der Waals surface area contributed by atoms with Gasteiger partial charge < -0.3 is 10.7 Å². The lowest BCUT2D eigenvalue weighted by atomic mass is 10.1. The number of H-pyrrole nitrogens is 1. The number of aryl methyl sites for hydroxylation is 1. The second-order valence-corrected chi connectivity index (χ2v) is 5.86. The fraction of sp³-hybridized carbons (Fsp3) is 0.188. The predicted molar refractivity (Wildman–Crippen MR) is 86.7 cm³/mol. The van der Waals surface area contributed by atoms with Crippen LogP contribution in [-0.4, -0.2) is 16.5 Å². The molecule has 3 aromatic rings. The molecule has 0 spiro atoms. The minimum absolute atomic E-state index is 0.662. The summed E-state index contributed by atoms with van der Waals surface area (Å²) < 4.78 is 1.06. The van der Waals surface area contributed by atoms with Gasteiger partial charge in [-0.25, -0.2) is 4.98 Å². The third-order valence-corrected chi connectivity index (χ3v) is 3.83. The molecule has 3 rings (SSSR count). The van der Waals surface area contributed by atoms with Gasteiger partial charge >= 0.3 is 0 Å². The van der Waals surface area contributed by atoms with E-state index in [1.807, 2.05) is 0 Å². The molecule has 0 aliphatic carbocycles. The van der Waals surface area contributed by atoms with Crippen LogP contribution in [0.5, 0.6) is 0 Å². The number of fused-ring (bicyclic) bond motifs is 1. The summed E-state index contributed by atoms with van der Waals surface area (Å²) in [7, 11) is 0. The van der Waals surface area contributed by atoms with E-state index in [9.17, 15) is 0 Å². The van der Waals surface area contributed by atoms with Crippen LogP contribution in [0.4, 0.5) is 0 Å². The quantitative estimate of drug-likeness (QED) is 0.767. The Morgan fingerprint density at radius 1 is 1.25 bits per heavy atom. The van der Waals surface area contributed by atoms with E-state index in [0.29, 0.717) is 6.54 Å². The van der Waals surface area contributed by atoms with E-state index >= 15 is 0 Å². The summed E-state index contributed by atoms with van der Waals surface area (Å²) in [5, 5.41) is 0. The van der Waals surface area contributed by atoms with Gasteiger partial charge in [0.25, 0.3) is 0 Å². The molecule has 2 aromatic carbocycles. The highest BCUT2D eigenvalue weighted by Gasteiger charge is 2.08. The van der Waals surface area contributed by atoms with Gasteiger partial charge in [-0.1, -0.05) is 34.1 Å². The Kier molecular flexibility index (Phi) is 3.59. The molecule has 3 N–H and O–H groups in total. The number of aromatic amines is 1. The molecule has 4 heteroatoms. The van der Waals surface area contributed by atoms with E-state index in [1.54, 1.807) is 0 Å². The minimum Gasteiger partial charge on any atom is -0.338 e. The highest BCUT2D eigenvalue weighted by atomic mass is 79.9. The highest BCUT2D eigenvalue weighted by Crippen LogP contribution is 2.26. The van der Waals surface area contributed by atoms with Gasteiger partial charge in [0, 0.05) is 10.0 Å². The van der Waals surface area contributed by atoms with E-state index in [4.69, 9.17) is 10.7 Å². The average Bonchev–Trinajstić information content (AvgIpc) is 2.83. The molecule has 20 heavy (non-hydrogen) atoms. The van der Waals surface area contributed by atoms with Crippen molar-refractivity contribution >= 4 is 27.0 Å². The van der Waals surface area contributed by atoms with Crippen LogP contribution >= 0.6 is 15.9 Å². The lowest BCUT2D eigenvalue weighted by molar-refractivity contribution is 0.969. The first kappa shape index (κ1) is 13.3. The van der Waals surface area contributed by atoms with Gasteiger partial charge in [-0.15, -0.1) is 0 Å². The molecule has 0 saturated heterocycles. The van der Waals surface area contributed by atoms with E-state index < -0.39 is 0 Å². The molecular formula is C16H16BrN3. The number of hydrogen-bond donors (Lipinski definition) is 2. The van der Waals surface area contributed by atoms with Gasteiger partial charge in [0.2, 0.25) is 0 Å². The van der Waals surface area contributed by atoms with Crippen LogP contribution in [0.25, 0.3) is 22.4 Å². The summed E-state index contributed by atoms with van der Waals surface area (Å²) in [6.07, 6.45) is 0.888. The van der Waals surface area contributed by atoms with Crippen LogP contribution in [0.3, 0.4) is 0 Å². The molecule has 0 amide bonds. The fourth-order valence-electron chi connectivity index (χ4n) is 2.42.